The van der Waals surface area contributed by atoms with Crippen LogP contribution in [0.5, 0.6) is 5.75 Å². The van der Waals surface area contributed by atoms with Crippen LogP contribution >= 0.6 is 0 Å². The minimum Gasteiger partial charge on any atom is -0.491 e. The molecular formula is C24H26FN3O5. The summed E-state index contributed by atoms with van der Waals surface area (Å²) >= 11 is 0. The quantitative estimate of drug-likeness (QED) is 0.735. The Morgan fingerprint density at radius 3 is 2.58 bits per heavy atom. The van der Waals surface area contributed by atoms with Crippen molar-refractivity contribution in [3.63, 3.8) is 0 Å². The predicted octanol–water partition coefficient (Wildman–Crippen LogP) is 3.39. The van der Waals surface area contributed by atoms with Crippen molar-refractivity contribution in [2.75, 3.05) is 24.6 Å². The zero-order valence-electron chi connectivity index (χ0n) is 18.1. The molecule has 33 heavy (non-hydrogen) atoms. The maximum Gasteiger partial charge on any atom is 0.407 e. The van der Waals surface area contributed by atoms with E-state index in [1.165, 1.54) is 11.0 Å². The molecule has 8 nitrogen and oxygen atoms in total. The topological polar surface area (TPSA) is 91.3 Å². The van der Waals surface area contributed by atoms with Gasteiger partial charge < -0.3 is 24.8 Å². The van der Waals surface area contributed by atoms with Gasteiger partial charge in [0.1, 0.15) is 24.8 Å². The van der Waals surface area contributed by atoms with Gasteiger partial charge in [0.25, 0.3) is 0 Å². The van der Waals surface area contributed by atoms with Crippen LogP contribution in [0.3, 0.4) is 0 Å². The number of nitrogens with zero attached hydrogens (tertiary/aromatic N) is 2. The second-order valence-electron chi connectivity index (χ2n) is 8.80. The number of piperazine rings is 1. The smallest absolute Gasteiger partial charge is 0.407 e. The Hall–Kier alpha value is -3.49. The summed E-state index contributed by atoms with van der Waals surface area (Å²) < 4.78 is 26.1. The highest BCUT2D eigenvalue weighted by atomic mass is 19.1. The third kappa shape index (κ3) is 4.40. The van der Waals surface area contributed by atoms with Crippen molar-refractivity contribution in [2.24, 2.45) is 0 Å². The first-order chi connectivity index (χ1) is 16.0. The molecule has 174 valence electrons. The van der Waals surface area contributed by atoms with E-state index in [4.69, 9.17) is 9.47 Å². The van der Waals surface area contributed by atoms with E-state index >= 15 is 4.39 Å². The predicted molar refractivity (Wildman–Crippen MR) is 118 cm³/mol. The Balaban J connectivity index is 1.21. The molecule has 2 saturated heterocycles. The highest BCUT2D eigenvalue weighted by Gasteiger charge is 2.43. The Morgan fingerprint density at radius 1 is 1.15 bits per heavy atom. The normalized spacial score (nSPS) is 23.5. The molecule has 3 atom stereocenters. The van der Waals surface area contributed by atoms with Crippen LogP contribution in [0.1, 0.15) is 24.0 Å². The summed E-state index contributed by atoms with van der Waals surface area (Å²) in [7, 11) is 0. The number of carbonyl (C=O) groups is 2. The van der Waals surface area contributed by atoms with Crippen molar-refractivity contribution in [3.8, 4) is 5.75 Å². The fourth-order valence-corrected chi connectivity index (χ4v) is 5.05. The molecule has 5 rings (SSSR count). The molecule has 2 aromatic carbocycles. The van der Waals surface area contributed by atoms with E-state index < -0.39 is 18.2 Å². The van der Waals surface area contributed by atoms with Crippen LogP contribution < -0.4 is 15.0 Å². The van der Waals surface area contributed by atoms with Gasteiger partial charge in [-0.05, 0) is 24.5 Å². The number of nitrogens with one attached hydrogen (secondary N) is 1. The number of benzene rings is 2. The number of carboxylic acid groups (broad SMARTS) is 1. The van der Waals surface area contributed by atoms with Crippen molar-refractivity contribution in [2.45, 2.75) is 44.0 Å². The van der Waals surface area contributed by atoms with Gasteiger partial charge in [-0.1, -0.05) is 30.3 Å². The van der Waals surface area contributed by atoms with E-state index in [0.717, 1.165) is 18.4 Å². The van der Waals surface area contributed by atoms with Gasteiger partial charge in [0.15, 0.2) is 0 Å². The van der Waals surface area contributed by atoms with E-state index in [-0.39, 0.29) is 31.1 Å². The van der Waals surface area contributed by atoms with Gasteiger partial charge in [0.05, 0.1) is 18.1 Å². The van der Waals surface area contributed by atoms with Crippen molar-refractivity contribution < 1.29 is 28.6 Å². The molecule has 0 saturated carbocycles. The second kappa shape index (κ2) is 8.80. The number of alkyl carbamates (subject to hydrolysis) is 1. The molecular weight excluding hydrogens is 429 g/mol. The lowest BCUT2D eigenvalue weighted by atomic mass is 10.0. The van der Waals surface area contributed by atoms with Gasteiger partial charge in [-0.3, -0.25) is 4.90 Å². The van der Waals surface area contributed by atoms with Crippen LogP contribution in [0, 0.1) is 5.82 Å². The van der Waals surface area contributed by atoms with E-state index in [1.807, 2.05) is 41.3 Å². The molecule has 9 heteroatoms. The van der Waals surface area contributed by atoms with E-state index in [0.29, 0.717) is 36.5 Å². The zero-order chi connectivity index (χ0) is 22.9. The fourth-order valence-electron chi connectivity index (χ4n) is 5.05. The Labute approximate surface area is 190 Å². The first kappa shape index (κ1) is 21.4. The largest absolute Gasteiger partial charge is 0.491 e. The lowest BCUT2D eigenvalue weighted by molar-refractivity contribution is 0.114. The Morgan fingerprint density at radius 2 is 1.88 bits per heavy atom. The van der Waals surface area contributed by atoms with Crippen LogP contribution in [0.4, 0.5) is 19.7 Å². The van der Waals surface area contributed by atoms with Gasteiger partial charge >= 0.3 is 12.2 Å². The highest BCUT2D eigenvalue weighted by Crippen LogP contribution is 2.37. The van der Waals surface area contributed by atoms with Gasteiger partial charge in [-0.25, -0.2) is 14.0 Å². The number of ether oxygens (including phenoxy) is 2. The minimum absolute atomic E-state index is 0.0725. The molecule has 3 aliphatic rings. The molecule has 0 aromatic heterocycles. The van der Waals surface area contributed by atoms with E-state index in [9.17, 15) is 14.7 Å². The summed E-state index contributed by atoms with van der Waals surface area (Å²) in [6.45, 7) is 1.46. The summed E-state index contributed by atoms with van der Waals surface area (Å²) in [5.74, 6) is 0.0772. The lowest BCUT2D eigenvalue weighted by Gasteiger charge is -2.41. The summed E-state index contributed by atoms with van der Waals surface area (Å²) in [5, 5.41) is 12.2. The first-order valence-electron chi connectivity index (χ1n) is 11.2. The van der Waals surface area contributed by atoms with Crippen molar-refractivity contribution in [1.82, 2.24) is 10.2 Å². The monoisotopic (exact) mass is 455 g/mol. The zero-order valence-corrected chi connectivity index (χ0v) is 18.1. The Kier molecular flexibility index (Phi) is 5.70. The van der Waals surface area contributed by atoms with Gasteiger partial charge in [0.2, 0.25) is 0 Å². The summed E-state index contributed by atoms with van der Waals surface area (Å²) in [5.41, 5.74) is 2.00. The maximum atomic E-state index is 15.0. The number of hydrogen-bond acceptors (Lipinski definition) is 5. The number of amides is 2. The molecule has 3 aliphatic heterocycles. The molecule has 3 heterocycles. The number of halogens is 1. The average molecular weight is 455 g/mol. The van der Waals surface area contributed by atoms with Crippen LogP contribution in [0.25, 0.3) is 0 Å². The van der Waals surface area contributed by atoms with Crippen LogP contribution in [-0.2, 0) is 17.8 Å². The summed E-state index contributed by atoms with van der Waals surface area (Å²) in [6, 6.07) is 12.1. The minimum atomic E-state index is -0.886. The molecule has 2 N–H and O–H groups in total. The van der Waals surface area contributed by atoms with Crippen molar-refractivity contribution in [1.29, 1.82) is 0 Å². The maximum absolute atomic E-state index is 15.0. The summed E-state index contributed by atoms with van der Waals surface area (Å²) in [4.78, 5) is 27.2. The molecule has 2 amide bonds. The third-order valence-corrected chi connectivity index (χ3v) is 6.63. The van der Waals surface area contributed by atoms with E-state index in [1.54, 1.807) is 0 Å². The van der Waals surface area contributed by atoms with Gasteiger partial charge in [0, 0.05) is 36.8 Å². The highest BCUT2D eigenvalue weighted by molar-refractivity contribution is 5.68. The third-order valence-electron chi connectivity index (χ3n) is 6.63. The molecule has 0 spiro atoms. The standard InChI is InChI=1S/C24H26FN3O5/c25-21-9-19(27-11-17-6-7-18(12-27)28(17)24(30)31)10-22-20(21)8-16(14-32-22)26-23(29)33-13-15-4-2-1-3-5-15/h1-5,9-10,16-18H,6-8,11-14H2,(H,26,29)(H,30,31). The number of fused-ring (bicyclic) bond motifs is 3. The second-order valence-corrected chi connectivity index (χ2v) is 8.80. The molecule has 0 radical (unpaired) electrons. The number of rotatable bonds is 4. The SMILES string of the molecule is O=C(NC1COc2cc(N3CC4CCC(C3)N4C(=O)O)cc(F)c2C1)OCc1ccccc1. The Bertz CT molecular complexity index is 1040. The average Bonchev–Trinajstić information content (AvgIpc) is 3.09. The lowest BCUT2D eigenvalue weighted by Crippen LogP contribution is -2.55. The molecule has 2 aromatic rings. The molecule has 0 aliphatic carbocycles. The van der Waals surface area contributed by atoms with E-state index in [2.05, 4.69) is 5.32 Å². The van der Waals surface area contributed by atoms with Crippen LogP contribution in [-0.4, -0.2) is 60.0 Å². The van der Waals surface area contributed by atoms with Crippen molar-refractivity contribution >= 4 is 17.9 Å². The number of carbonyl (C=O) groups excluding carboxylic acids is 1. The summed E-state index contributed by atoms with van der Waals surface area (Å²) in [6.07, 6.45) is 0.499. The van der Waals surface area contributed by atoms with Gasteiger partial charge in [-0.2, -0.15) is 0 Å². The molecule has 2 bridgehead atoms. The first-order valence-corrected chi connectivity index (χ1v) is 11.2. The number of hydrogen-bond donors (Lipinski definition) is 2. The fraction of sp³-hybridized carbons (Fsp3) is 0.417. The molecule has 3 unspecified atom stereocenters. The van der Waals surface area contributed by atoms with Gasteiger partial charge in [-0.15, -0.1) is 0 Å². The molecule has 2 fully saturated rings. The van der Waals surface area contributed by atoms with Crippen LogP contribution in [0.2, 0.25) is 0 Å². The number of anilines is 1. The van der Waals surface area contributed by atoms with Crippen LogP contribution in [0.15, 0.2) is 42.5 Å². The van der Waals surface area contributed by atoms with Crippen molar-refractivity contribution in [3.05, 3.63) is 59.4 Å².